The maximum Gasteiger partial charge on any atom is 0.333 e. The Bertz CT molecular complexity index is 1010. The molecule has 10 heteroatoms. The molecule has 4 rings (SSSR count). The van der Waals surface area contributed by atoms with Crippen LogP contribution in [0.3, 0.4) is 0 Å². The van der Waals surface area contributed by atoms with Gasteiger partial charge in [0.15, 0.2) is 0 Å². The molecule has 4 aliphatic rings. The molecule has 0 spiro atoms. The predicted molar refractivity (Wildman–Crippen MR) is 129 cm³/mol. The van der Waals surface area contributed by atoms with E-state index in [0.717, 1.165) is 36.7 Å². The lowest BCUT2D eigenvalue weighted by molar-refractivity contribution is -0.146. The molecule has 4 fully saturated rings. The predicted octanol–water partition coefficient (Wildman–Crippen LogP) is 1.78. The summed E-state index contributed by atoms with van der Waals surface area (Å²) in [7, 11) is 0. The number of carbonyl (C=O) groups excluding carboxylic acids is 6. The molecule has 4 amide bonds. The molecule has 2 saturated heterocycles. The highest BCUT2D eigenvalue weighted by Gasteiger charge is 2.50. The molecule has 0 aromatic carbocycles. The Morgan fingerprint density at radius 2 is 1.32 bits per heavy atom. The van der Waals surface area contributed by atoms with Gasteiger partial charge in [0.25, 0.3) is 0 Å². The van der Waals surface area contributed by atoms with Crippen molar-refractivity contribution in [2.45, 2.75) is 51.9 Å². The van der Waals surface area contributed by atoms with Crippen LogP contribution in [-0.4, -0.2) is 71.7 Å². The molecule has 0 aromatic heterocycles. The molecule has 200 valence electrons. The maximum absolute atomic E-state index is 12.8. The highest BCUT2D eigenvalue weighted by Crippen LogP contribution is 2.41. The molecule has 10 nitrogen and oxygen atoms in total. The van der Waals surface area contributed by atoms with E-state index in [2.05, 4.69) is 6.58 Å². The summed E-state index contributed by atoms with van der Waals surface area (Å²) in [4.78, 5) is 76.8. The van der Waals surface area contributed by atoms with Crippen LogP contribution in [0.2, 0.25) is 0 Å². The average Bonchev–Trinajstić information content (AvgIpc) is 3.28. The van der Waals surface area contributed by atoms with E-state index in [-0.39, 0.29) is 67.7 Å². The fourth-order valence-electron chi connectivity index (χ4n) is 6.17. The first-order valence-electron chi connectivity index (χ1n) is 13.1. The lowest BCUT2D eigenvalue weighted by Crippen LogP contribution is -2.34. The Kier molecular flexibility index (Phi) is 8.24. The summed E-state index contributed by atoms with van der Waals surface area (Å²) in [5, 5.41) is 0. The van der Waals surface area contributed by atoms with Crippen molar-refractivity contribution in [1.82, 2.24) is 9.80 Å². The van der Waals surface area contributed by atoms with Gasteiger partial charge in [-0.3, -0.25) is 29.0 Å². The van der Waals surface area contributed by atoms with E-state index in [1.807, 2.05) is 0 Å². The minimum absolute atomic E-state index is 0.0135. The van der Waals surface area contributed by atoms with E-state index in [1.54, 1.807) is 13.0 Å². The quantitative estimate of drug-likeness (QED) is 0.259. The molecule has 5 atom stereocenters. The maximum atomic E-state index is 12.8. The fourth-order valence-corrected chi connectivity index (χ4v) is 6.17. The van der Waals surface area contributed by atoms with Crippen molar-refractivity contribution in [3.05, 3.63) is 24.3 Å². The molecule has 2 heterocycles. The zero-order valence-corrected chi connectivity index (χ0v) is 21.2. The van der Waals surface area contributed by atoms with Gasteiger partial charge in [0.05, 0.1) is 36.8 Å². The summed E-state index contributed by atoms with van der Waals surface area (Å²) in [6.07, 6.45) is 7.84. The second-order valence-corrected chi connectivity index (χ2v) is 10.3. The van der Waals surface area contributed by atoms with Gasteiger partial charge >= 0.3 is 11.9 Å². The Labute approximate surface area is 216 Å². The number of esters is 2. The minimum Gasteiger partial charge on any atom is -0.461 e. The smallest absolute Gasteiger partial charge is 0.333 e. The highest BCUT2D eigenvalue weighted by atomic mass is 16.5. The number of imide groups is 2. The van der Waals surface area contributed by atoms with Crippen molar-refractivity contribution in [2.24, 2.45) is 29.6 Å². The Morgan fingerprint density at radius 1 is 0.811 bits per heavy atom. The number of carbonyl (C=O) groups is 6. The minimum atomic E-state index is -0.610. The van der Waals surface area contributed by atoms with Crippen LogP contribution in [0.4, 0.5) is 0 Å². The number of amides is 4. The van der Waals surface area contributed by atoms with Gasteiger partial charge in [0.2, 0.25) is 23.6 Å². The number of allylic oxidation sites excluding steroid dienone is 1. The van der Waals surface area contributed by atoms with Crippen LogP contribution in [0.25, 0.3) is 0 Å². The Balaban J connectivity index is 1.26. The first-order valence-corrected chi connectivity index (χ1v) is 13.1. The van der Waals surface area contributed by atoms with E-state index < -0.39 is 23.8 Å². The monoisotopic (exact) mass is 514 g/mol. The largest absolute Gasteiger partial charge is 0.461 e. The summed E-state index contributed by atoms with van der Waals surface area (Å²) in [6, 6.07) is 0. The van der Waals surface area contributed by atoms with Gasteiger partial charge in [-0.1, -0.05) is 25.5 Å². The van der Waals surface area contributed by atoms with Crippen molar-refractivity contribution in [1.29, 1.82) is 0 Å². The molecule has 0 N–H and O–H groups in total. The van der Waals surface area contributed by atoms with E-state index in [1.165, 1.54) is 4.90 Å². The number of hydrogen-bond acceptors (Lipinski definition) is 8. The van der Waals surface area contributed by atoms with Crippen LogP contribution < -0.4 is 0 Å². The average molecular weight is 515 g/mol. The van der Waals surface area contributed by atoms with Crippen molar-refractivity contribution in [3.8, 4) is 0 Å². The van der Waals surface area contributed by atoms with Crippen LogP contribution in [0.15, 0.2) is 24.3 Å². The molecular formula is C27H34N2O8. The van der Waals surface area contributed by atoms with Gasteiger partial charge in [-0.25, -0.2) is 9.59 Å². The van der Waals surface area contributed by atoms with Crippen molar-refractivity contribution in [3.63, 3.8) is 0 Å². The molecule has 0 radical (unpaired) electrons. The van der Waals surface area contributed by atoms with E-state index in [0.29, 0.717) is 24.8 Å². The standard InChI is InChI=1S/C27H34N2O8/c1-3-22(30)36-12-10-29-25(33)20-9-8-17(15-21(20)26(29)34)14-16(2)27(35)37-13-11-28-23(31)18-6-4-5-7-19(18)24(28)32/h3,14,17-21H,1,4-13,15H2,2H3. The summed E-state index contributed by atoms with van der Waals surface area (Å²) in [5.41, 5.74) is 0.390. The molecule has 2 aliphatic carbocycles. The summed E-state index contributed by atoms with van der Waals surface area (Å²) in [6.45, 7) is 4.88. The number of fused-ring (bicyclic) bond motifs is 2. The second kappa shape index (κ2) is 11.4. The number of hydrogen-bond donors (Lipinski definition) is 0. The van der Waals surface area contributed by atoms with Gasteiger partial charge in [0.1, 0.15) is 13.2 Å². The van der Waals surface area contributed by atoms with Crippen LogP contribution in [0.1, 0.15) is 51.9 Å². The third-order valence-electron chi connectivity index (χ3n) is 8.07. The van der Waals surface area contributed by atoms with Crippen molar-refractivity contribution < 1.29 is 38.2 Å². The lowest BCUT2D eigenvalue weighted by Gasteiger charge is -2.27. The topological polar surface area (TPSA) is 127 Å². The number of ether oxygens (including phenoxy) is 2. The van der Waals surface area contributed by atoms with Crippen LogP contribution >= 0.6 is 0 Å². The lowest BCUT2D eigenvalue weighted by atomic mass is 9.75. The third-order valence-corrected chi connectivity index (χ3v) is 8.07. The SMILES string of the molecule is C=CC(=O)OCCN1C(=O)C2CCC(C=C(C)C(=O)OCCN3C(=O)C4CCCCC4C3=O)CC2C1=O. The number of nitrogens with zero attached hydrogens (tertiary/aromatic N) is 2. The van der Waals surface area contributed by atoms with E-state index >= 15 is 0 Å². The number of rotatable bonds is 9. The van der Waals surface area contributed by atoms with Crippen LogP contribution in [0, 0.1) is 29.6 Å². The normalized spacial score (nSPS) is 29.8. The van der Waals surface area contributed by atoms with Gasteiger partial charge in [-0.05, 0) is 44.9 Å². The van der Waals surface area contributed by atoms with Crippen molar-refractivity contribution >= 4 is 35.6 Å². The zero-order chi connectivity index (χ0) is 26.7. The van der Waals surface area contributed by atoms with Gasteiger partial charge in [0, 0.05) is 11.6 Å². The van der Waals surface area contributed by atoms with Crippen LogP contribution in [-0.2, 0) is 38.2 Å². The Morgan fingerprint density at radius 3 is 1.89 bits per heavy atom. The van der Waals surface area contributed by atoms with Gasteiger partial charge < -0.3 is 9.47 Å². The second-order valence-electron chi connectivity index (χ2n) is 10.3. The van der Waals surface area contributed by atoms with Gasteiger partial charge in [-0.2, -0.15) is 0 Å². The number of likely N-dealkylation sites (tertiary alicyclic amines) is 2. The molecule has 2 saturated carbocycles. The molecule has 37 heavy (non-hydrogen) atoms. The summed E-state index contributed by atoms with van der Waals surface area (Å²) >= 11 is 0. The molecule has 2 aliphatic heterocycles. The highest BCUT2D eigenvalue weighted by molar-refractivity contribution is 6.06. The third kappa shape index (κ3) is 5.52. The summed E-state index contributed by atoms with van der Waals surface area (Å²) < 4.78 is 10.2. The molecule has 0 bridgehead atoms. The van der Waals surface area contributed by atoms with E-state index in [4.69, 9.17) is 9.47 Å². The van der Waals surface area contributed by atoms with Crippen molar-refractivity contribution in [2.75, 3.05) is 26.3 Å². The molecular weight excluding hydrogens is 480 g/mol. The first kappa shape index (κ1) is 26.8. The molecule has 5 unspecified atom stereocenters. The zero-order valence-electron chi connectivity index (χ0n) is 21.2. The molecule has 0 aromatic rings. The van der Waals surface area contributed by atoms with Gasteiger partial charge in [-0.15, -0.1) is 0 Å². The van der Waals surface area contributed by atoms with Crippen LogP contribution in [0.5, 0.6) is 0 Å². The van der Waals surface area contributed by atoms with E-state index in [9.17, 15) is 28.8 Å². The first-order chi connectivity index (χ1) is 17.7. The summed E-state index contributed by atoms with van der Waals surface area (Å²) in [5.74, 6) is -3.33. The Hall–Kier alpha value is -3.30. The fraction of sp³-hybridized carbons (Fsp3) is 0.630.